The summed E-state index contributed by atoms with van der Waals surface area (Å²) in [6.07, 6.45) is 2.50. The van der Waals surface area contributed by atoms with E-state index in [0.717, 1.165) is 26.1 Å². The number of nitrogens with two attached hydrogens (primary N) is 1. The summed E-state index contributed by atoms with van der Waals surface area (Å²) in [4.78, 5) is 27.0. The van der Waals surface area contributed by atoms with E-state index in [1.54, 1.807) is 21.7 Å². The molecule has 1 aliphatic heterocycles. The third-order valence-corrected chi connectivity index (χ3v) is 3.42. The van der Waals surface area contributed by atoms with E-state index >= 15 is 0 Å². The number of aromatic nitrogens is 1. The molecule has 0 bridgehead atoms. The Morgan fingerprint density at radius 3 is 2.74 bits per heavy atom. The first kappa shape index (κ1) is 13.6. The molecule has 0 aromatic carbocycles. The van der Waals surface area contributed by atoms with Crippen molar-refractivity contribution in [2.75, 3.05) is 39.0 Å². The van der Waals surface area contributed by atoms with Crippen LogP contribution in [0, 0.1) is 0 Å². The van der Waals surface area contributed by atoms with Crippen molar-refractivity contribution in [3.63, 3.8) is 0 Å². The second kappa shape index (κ2) is 5.88. The number of carbonyl (C=O) groups is 1. The van der Waals surface area contributed by atoms with Gasteiger partial charge >= 0.3 is 0 Å². The number of nitrogen functional groups attached to an aromatic ring is 1. The molecule has 0 radical (unpaired) electrons. The molecule has 1 aliphatic rings. The predicted octanol–water partition coefficient (Wildman–Crippen LogP) is -0.405. The lowest BCUT2D eigenvalue weighted by atomic mass is 10.3. The van der Waals surface area contributed by atoms with Crippen molar-refractivity contribution in [2.45, 2.75) is 13.0 Å². The van der Waals surface area contributed by atoms with Crippen molar-refractivity contribution in [2.24, 2.45) is 0 Å². The minimum Gasteiger partial charge on any atom is -0.398 e. The molecule has 19 heavy (non-hydrogen) atoms. The summed E-state index contributed by atoms with van der Waals surface area (Å²) < 4.78 is 1.62. The molecule has 2 N–H and O–H groups in total. The molecular formula is C13H20N4O2. The van der Waals surface area contributed by atoms with Crippen molar-refractivity contribution in [3.05, 3.63) is 28.7 Å². The molecule has 1 amide bonds. The summed E-state index contributed by atoms with van der Waals surface area (Å²) in [5, 5.41) is 0. The average molecular weight is 264 g/mol. The number of hydrogen-bond donors (Lipinski definition) is 1. The molecular weight excluding hydrogens is 244 g/mol. The van der Waals surface area contributed by atoms with Crippen LogP contribution in [0.4, 0.5) is 5.69 Å². The van der Waals surface area contributed by atoms with Crippen LogP contribution in [0.3, 0.4) is 0 Å². The molecule has 0 atom stereocenters. The Balaban J connectivity index is 1.82. The SMILES string of the molecule is CN1CCN(CCCn2cc(N)ccc2=O)CC1=O. The van der Waals surface area contributed by atoms with Crippen LogP contribution in [0.25, 0.3) is 0 Å². The zero-order valence-electron chi connectivity index (χ0n) is 11.2. The van der Waals surface area contributed by atoms with Gasteiger partial charge in [0.1, 0.15) is 0 Å². The Morgan fingerprint density at radius 2 is 2.00 bits per heavy atom. The minimum atomic E-state index is -0.0383. The molecule has 0 aliphatic carbocycles. The highest BCUT2D eigenvalue weighted by molar-refractivity contribution is 5.78. The van der Waals surface area contributed by atoms with E-state index in [-0.39, 0.29) is 11.5 Å². The van der Waals surface area contributed by atoms with Crippen LogP contribution in [0.2, 0.25) is 0 Å². The Morgan fingerprint density at radius 1 is 1.21 bits per heavy atom. The summed E-state index contributed by atoms with van der Waals surface area (Å²) in [6.45, 7) is 3.60. The molecule has 1 aromatic heterocycles. The molecule has 0 spiro atoms. The van der Waals surface area contributed by atoms with E-state index in [2.05, 4.69) is 4.90 Å². The average Bonchev–Trinajstić information content (AvgIpc) is 2.38. The quantitative estimate of drug-likeness (QED) is 0.803. The Kier molecular flexibility index (Phi) is 4.21. The molecule has 1 aromatic rings. The van der Waals surface area contributed by atoms with Gasteiger partial charge in [-0.25, -0.2) is 0 Å². The van der Waals surface area contributed by atoms with Gasteiger partial charge < -0.3 is 15.2 Å². The number of piperazine rings is 1. The smallest absolute Gasteiger partial charge is 0.250 e. The first-order chi connectivity index (χ1) is 9.06. The van der Waals surface area contributed by atoms with E-state index < -0.39 is 0 Å². The number of hydrogen-bond acceptors (Lipinski definition) is 4. The minimum absolute atomic E-state index is 0.0383. The lowest BCUT2D eigenvalue weighted by molar-refractivity contribution is -0.134. The number of carbonyl (C=O) groups excluding carboxylic acids is 1. The Hall–Kier alpha value is -1.82. The largest absolute Gasteiger partial charge is 0.398 e. The zero-order chi connectivity index (χ0) is 13.8. The molecule has 6 nitrogen and oxygen atoms in total. The van der Waals surface area contributed by atoms with Crippen LogP contribution in [-0.4, -0.2) is 53.5 Å². The number of pyridine rings is 1. The van der Waals surface area contributed by atoms with Gasteiger partial charge in [-0.15, -0.1) is 0 Å². The van der Waals surface area contributed by atoms with E-state index in [4.69, 9.17) is 5.73 Å². The third kappa shape index (κ3) is 3.57. The third-order valence-electron chi connectivity index (χ3n) is 3.42. The summed E-state index contributed by atoms with van der Waals surface area (Å²) in [5.74, 6) is 0.160. The van der Waals surface area contributed by atoms with Gasteiger partial charge in [0.25, 0.3) is 5.56 Å². The van der Waals surface area contributed by atoms with Crippen LogP contribution < -0.4 is 11.3 Å². The predicted molar refractivity (Wildman–Crippen MR) is 73.8 cm³/mol. The van der Waals surface area contributed by atoms with Crippen molar-refractivity contribution >= 4 is 11.6 Å². The highest BCUT2D eigenvalue weighted by Crippen LogP contribution is 2.03. The van der Waals surface area contributed by atoms with Crippen molar-refractivity contribution in [1.82, 2.24) is 14.4 Å². The lowest BCUT2D eigenvalue weighted by Crippen LogP contribution is -2.48. The number of aryl methyl sites for hydroxylation is 1. The highest BCUT2D eigenvalue weighted by Gasteiger charge is 2.20. The first-order valence-electron chi connectivity index (χ1n) is 6.48. The second-order valence-electron chi connectivity index (χ2n) is 4.94. The van der Waals surface area contributed by atoms with Crippen LogP contribution in [0.1, 0.15) is 6.42 Å². The number of amides is 1. The Labute approximate surface area is 112 Å². The van der Waals surface area contributed by atoms with Gasteiger partial charge in [-0.2, -0.15) is 0 Å². The number of nitrogens with zero attached hydrogens (tertiary/aromatic N) is 3. The van der Waals surface area contributed by atoms with E-state index in [0.29, 0.717) is 18.8 Å². The topological polar surface area (TPSA) is 71.6 Å². The molecule has 0 unspecified atom stereocenters. The molecule has 0 saturated carbocycles. The van der Waals surface area contributed by atoms with Crippen LogP contribution >= 0.6 is 0 Å². The molecule has 1 fully saturated rings. The molecule has 1 saturated heterocycles. The van der Waals surface area contributed by atoms with Crippen LogP contribution in [0.5, 0.6) is 0 Å². The molecule has 2 heterocycles. The van der Waals surface area contributed by atoms with Gasteiger partial charge in [0.15, 0.2) is 0 Å². The van der Waals surface area contributed by atoms with Gasteiger partial charge in [-0.05, 0) is 12.5 Å². The van der Waals surface area contributed by atoms with Crippen molar-refractivity contribution in [1.29, 1.82) is 0 Å². The number of rotatable bonds is 4. The Bertz CT molecular complexity index is 512. The molecule has 6 heteroatoms. The number of anilines is 1. The summed E-state index contributed by atoms with van der Waals surface area (Å²) in [5.41, 5.74) is 6.21. The first-order valence-corrected chi connectivity index (χ1v) is 6.48. The van der Waals surface area contributed by atoms with Crippen LogP contribution in [-0.2, 0) is 11.3 Å². The van der Waals surface area contributed by atoms with Crippen LogP contribution in [0.15, 0.2) is 23.1 Å². The molecule has 104 valence electrons. The normalized spacial score (nSPS) is 16.9. The van der Waals surface area contributed by atoms with Gasteiger partial charge in [-0.1, -0.05) is 0 Å². The van der Waals surface area contributed by atoms with Gasteiger partial charge in [0, 0.05) is 51.2 Å². The fourth-order valence-electron chi connectivity index (χ4n) is 2.19. The number of likely N-dealkylation sites (N-methyl/N-ethyl adjacent to an activating group) is 1. The van der Waals surface area contributed by atoms with Gasteiger partial charge in [0.05, 0.1) is 6.54 Å². The van der Waals surface area contributed by atoms with E-state index in [1.165, 1.54) is 6.07 Å². The maximum atomic E-state index is 11.6. The fraction of sp³-hybridized carbons (Fsp3) is 0.538. The van der Waals surface area contributed by atoms with Gasteiger partial charge in [-0.3, -0.25) is 14.5 Å². The summed E-state index contributed by atoms with van der Waals surface area (Å²) in [6, 6.07) is 3.09. The van der Waals surface area contributed by atoms with E-state index in [1.807, 2.05) is 7.05 Å². The second-order valence-corrected chi connectivity index (χ2v) is 4.94. The monoisotopic (exact) mass is 264 g/mol. The summed E-state index contributed by atoms with van der Waals surface area (Å²) in [7, 11) is 1.83. The molecule has 2 rings (SSSR count). The standard InChI is InChI=1S/C13H20N4O2/c1-15-7-8-16(10-13(15)19)5-2-6-17-9-11(14)3-4-12(17)18/h3-4,9H,2,5-8,10,14H2,1H3. The maximum Gasteiger partial charge on any atom is 0.250 e. The highest BCUT2D eigenvalue weighted by atomic mass is 16.2. The maximum absolute atomic E-state index is 11.6. The zero-order valence-corrected chi connectivity index (χ0v) is 11.2. The lowest BCUT2D eigenvalue weighted by Gasteiger charge is -2.31. The summed E-state index contributed by atoms with van der Waals surface area (Å²) >= 11 is 0. The van der Waals surface area contributed by atoms with Crippen molar-refractivity contribution < 1.29 is 4.79 Å². The van der Waals surface area contributed by atoms with Crippen molar-refractivity contribution in [3.8, 4) is 0 Å². The van der Waals surface area contributed by atoms with E-state index in [9.17, 15) is 9.59 Å². The van der Waals surface area contributed by atoms with Gasteiger partial charge in [0.2, 0.25) is 5.91 Å². The fourth-order valence-corrected chi connectivity index (χ4v) is 2.19.